The van der Waals surface area contributed by atoms with E-state index in [-0.39, 0.29) is 18.8 Å². The van der Waals surface area contributed by atoms with Crippen molar-refractivity contribution in [3.63, 3.8) is 0 Å². The molecule has 0 fully saturated rings. The maximum Gasteiger partial charge on any atom is 0.231 e. The molecule has 1 aliphatic rings. The maximum atomic E-state index is 13.6. The first-order chi connectivity index (χ1) is 10.1. The van der Waals surface area contributed by atoms with Gasteiger partial charge in [0, 0.05) is 6.42 Å². The van der Waals surface area contributed by atoms with Crippen molar-refractivity contribution in [1.29, 1.82) is 0 Å². The molecule has 0 saturated heterocycles. The highest BCUT2D eigenvalue weighted by Gasteiger charge is 2.22. The van der Waals surface area contributed by atoms with E-state index >= 15 is 0 Å². The van der Waals surface area contributed by atoms with Gasteiger partial charge in [0.2, 0.25) is 6.79 Å². The van der Waals surface area contributed by atoms with Crippen LogP contribution in [0.25, 0.3) is 0 Å². The summed E-state index contributed by atoms with van der Waals surface area (Å²) in [4.78, 5) is 0. The third kappa shape index (κ3) is 2.66. The van der Waals surface area contributed by atoms with Gasteiger partial charge < -0.3 is 14.6 Å². The number of ether oxygens (including phenoxy) is 2. The first-order valence-electron chi connectivity index (χ1n) is 6.26. The molecule has 1 unspecified atom stereocenters. The van der Waals surface area contributed by atoms with E-state index in [1.807, 2.05) is 0 Å². The van der Waals surface area contributed by atoms with Gasteiger partial charge in [0.15, 0.2) is 23.1 Å². The van der Waals surface area contributed by atoms with Gasteiger partial charge in [0.1, 0.15) is 0 Å². The van der Waals surface area contributed by atoms with Crippen molar-refractivity contribution in [1.82, 2.24) is 0 Å². The predicted octanol–water partition coefficient (Wildman–Crippen LogP) is 3.62. The molecule has 0 saturated carbocycles. The van der Waals surface area contributed by atoms with E-state index < -0.39 is 17.7 Å². The molecule has 0 aliphatic carbocycles. The third-order valence-corrected chi connectivity index (χ3v) is 3.56. The lowest BCUT2D eigenvalue weighted by molar-refractivity contribution is 0.171. The summed E-state index contributed by atoms with van der Waals surface area (Å²) in [6, 6.07) is 6.96. The Bertz CT molecular complexity index is 691. The monoisotopic (exact) mass is 312 g/mol. The lowest BCUT2D eigenvalue weighted by Crippen LogP contribution is -2.05. The zero-order chi connectivity index (χ0) is 15.0. The van der Waals surface area contributed by atoms with Gasteiger partial charge in [-0.15, -0.1) is 0 Å². The molecule has 21 heavy (non-hydrogen) atoms. The molecule has 0 bridgehead atoms. The molecule has 2 aromatic carbocycles. The summed E-state index contributed by atoms with van der Waals surface area (Å²) in [6.45, 7) is 0.0626. The molecule has 1 atom stereocenters. The van der Waals surface area contributed by atoms with Gasteiger partial charge in [0.05, 0.1) is 11.1 Å². The molecule has 0 radical (unpaired) electrons. The molecule has 110 valence electrons. The summed E-state index contributed by atoms with van der Waals surface area (Å²) in [5.74, 6) is -1.05. The first kappa shape index (κ1) is 14.1. The second kappa shape index (κ2) is 5.50. The Balaban J connectivity index is 1.87. The van der Waals surface area contributed by atoms with Crippen LogP contribution in [-0.2, 0) is 6.42 Å². The van der Waals surface area contributed by atoms with E-state index in [4.69, 9.17) is 21.1 Å². The van der Waals surface area contributed by atoms with E-state index in [0.717, 1.165) is 6.07 Å². The Hall–Kier alpha value is -1.85. The van der Waals surface area contributed by atoms with Crippen LogP contribution in [0.2, 0.25) is 5.02 Å². The standard InChI is InChI=1S/C15H11ClF2O3/c16-10-4-9(6-13-15(10)21-7-20-13)12(19)5-8-2-1-3-11(17)14(8)18/h1-4,6,12,19H,5,7H2. The van der Waals surface area contributed by atoms with E-state index in [2.05, 4.69) is 0 Å². The van der Waals surface area contributed by atoms with Crippen LogP contribution in [0, 0.1) is 11.6 Å². The molecule has 1 aliphatic heterocycles. The SMILES string of the molecule is OC(Cc1cccc(F)c1F)c1cc(Cl)c2c(c1)OCO2. The molecule has 2 aromatic rings. The minimum Gasteiger partial charge on any atom is -0.454 e. The number of aliphatic hydroxyl groups is 1. The summed E-state index contributed by atoms with van der Waals surface area (Å²) in [5, 5.41) is 10.5. The van der Waals surface area contributed by atoms with Gasteiger partial charge in [-0.2, -0.15) is 0 Å². The van der Waals surface area contributed by atoms with Gasteiger partial charge in [-0.1, -0.05) is 23.7 Å². The average molecular weight is 313 g/mol. The van der Waals surface area contributed by atoms with Crippen LogP contribution in [0.4, 0.5) is 8.78 Å². The highest BCUT2D eigenvalue weighted by atomic mass is 35.5. The van der Waals surface area contributed by atoms with Crippen molar-refractivity contribution in [2.24, 2.45) is 0 Å². The van der Waals surface area contributed by atoms with Gasteiger partial charge in [0.25, 0.3) is 0 Å². The summed E-state index contributed by atoms with van der Waals surface area (Å²) in [7, 11) is 0. The van der Waals surface area contributed by atoms with Crippen LogP contribution >= 0.6 is 11.6 Å². The van der Waals surface area contributed by atoms with Gasteiger partial charge in [-0.25, -0.2) is 8.78 Å². The second-order valence-electron chi connectivity index (χ2n) is 4.67. The highest BCUT2D eigenvalue weighted by molar-refractivity contribution is 6.32. The summed E-state index contributed by atoms with van der Waals surface area (Å²) >= 11 is 6.03. The van der Waals surface area contributed by atoms with Crippen LogP contribution < -0.4 is 9.47 Å². The number of rotatable bonds is 3. The average Bonchev–Trinajstić information content (AvgIpc) is 2.92. The fourth-order valence-electron chi connectivity index (χ4n) is 2.21. The van der Waals surface area contributed by atoms with Crippen LogP contribution in [0.5, 0.6) is 11.5 Å². The number of hydrogen-bond donors (Lipinski definition) is 1. The van der Waals surface area contributed by atoms with Gasteiger partial charge in [-0.05, 0) is 29.3 Å². The van der Waals surface area contributed by atoms with Crippen LogP contribution in [0.1, 0.15) is 17.2 Å². The fourth-order valence-corrected chi connectivity index (χ4v) is 2.49. The summed E-state index contributed by atoms with van der Waals surface area (Å²) in [5.41, 5.74) is 0.546. The molecule has 1 N–H and O–H groups in total. The normalized spacial score (nSPS) is 14.3. The van der Waals surface area contributed by atoms with Gasteiger partial charge in [-0.3, -0.25) is 0 Å². The molecular weight excluding hydrogens is 302 g/mol. The predicted molar refractivity (Wildman–Crippen MR) is 72.6 cm³/mol. The zero-order valence-electron chi connectivity index (χ0n) is 10.8. The van der Waals surface area contributed by atoms with Crippen LogP contribution in [0.3, 0.4) is 0 Å². The number of hydrogen-bond acceptors (Lipinski definition) is 3. The molecule has 3 nitrogen and oxygen atoms in total. The van der Waals surface area contributed by atoms with Crippen molar-refractivity contribution >= 4 is 11.6 Å². The molecule has 0 spiro atoms. The lowest BCUT2D eigenvalue weighted by atomic mass is 10.0. The van der Waals surface area contributed by atoms with Crippen molar-refractivity contribution < 1.29 is 23.4 Å². The van der Waals surface area contributed by atoms with E-state index in [0.29, 0.717) is 22.1 Å². The Kier molecular flexibility index (Phi) is 3.69. The molecule has 6 heteroatoms. The Morgan fingerprint density at radius 3 is 2.86 bits per heavy atom. The Morgan fingerprint density at radius 2 is 2.05 bits per heavy atom. The molecule has 1 heterocycles. The summed E-state index contributed by atoms with van der Waals surface area (Å²) in [6.07, 6.45) is -1.10. The minimum absolute atomic E-state index is 0.0626. The summed E-state index contributed by atoms with van der Waals surface area (Å²) < 4.78 is 37.2. The Morgan fingerprint density at radius 1 is 1.24 bits per heavy atom. The smallest absolute Gasteiger partial charge is 0.231 e. The topological polar surface area (TPSA) is 38.7 Å². The quantitative estimate of drug-likeness (QED) is 0.940. The second-order valence-corrected chi connectivity index (χ2v) is 5.08. The van der Waals surface area contributed by atoms with Crippen molar-refractivity contribution in [3.8, 4) is 11.5 Å². The largest absolute Gasteiger partial charge is 0.454 e. The molecular formula is C15H11ClF2O3. The first-order valence-corrected chi connectivity index (χ1v) is 6.64. The molecule has 3 rings (SSSR count). The maximum absolute atomic E-state index is 13.6. The fraction of sp³-hybridized carbons (Fsp3) is 0.200. The van der Waals surface area contributed by atoms with Crippen molar-refractivity contribution in [2.75, 3.05) is 6.79 Å². The van der Waals surface area contributed by atoms with Crippen molar-refractivity contribution in [2.45, 2.75) is 12.5 Å². The number of fused-ring (bicyclic) bond motifs is 1. The van der Waals surface area contributed by atoms with Crippen LogP contribution in [0.15, 0.2) is 30.3 Å². The minimum atomic E-state index is -1.03. The molecule has 0 amide bonds. The Labute approximate surface area is 124 Å². The zero-order valence-corrected chi connectivity index (χ0v) is 11.5. The number of halogens is 3. The number of aliphatic hydroxyl groups excluding tert-OH is 1. The van der Waals surface area contributed by atoms with E-state index in [1.54, 1.807) is 6.07 Å². The lowest BCUT2D eigenvalue weighted by Gasteiger charge is -2.13. The van der Waals surface area contributed by atoms with E-state index in [9.17, 15) is 13.9 Å². The third-order valence-electron chi connectivity index (χ3n) is 3.28. The van der Waals surface area contributed by atoms with Gasteiger partial charge >= 0.3 is 0 Å². The van der Waals surface area contributed by atoms with Crippen LogP contribution in [-0.4, -0.2) is 11.9 Å². The van der Waals surface area contributed by atoms with Crippen molar-refractivity contribution in [3.05, 3.63) is 58.1 Å². The van der Waals surface area contributed by atoms with E-state index in [1.165, 1.54) is 18.2 Å². The highest BCUT2D eigenvalue weighted by Crippen LogP contribution is 2.41. The number of benzene rings is 2. The molecule has 0 aromatic heterocycles.